The second kappa shape index (κ2) is 10.6. The number of esters is 2. The van der Waals surface area contributed by atoms with Gasteiger partial charge < -0.3 is 28.7 Å². The van der Waals surface area contributed by atoms with Crippen LogP contribution in [0, 0.1) is 0 Å². The maximum absolute atomic E-state index is 12.9. The van der Waals surface area contributed by atoms with E-state index in [2.05, 4.69) is 10.1 Å². The molecule has 0 unspecified atom stereocenters. The summed E-state index contributed by atoms with van der Waals surface area (Å²) >= 11 is 0. The molecule has 0 radical (unpaired) electrons. The molecule has 3 rings (SSSR count). The van der Waals surface area contributed by atoms with E-state index < -0.39 is 23.9 Å². The summed E-state index contributed by atoms with van der Waals surface area (Å²) in [4.78, 5) is 49.6. The third-order valence-corrected chi connectivity index (χ3v) is 4.56. The van der Waals surface area contributed by atoms with Gasteiger partial charge in [-0.05, 0) is 38.1 Å². The Labute approximate surface area is 195 Å². The Morgan fingerprint density at radius 1 is 1.15 bits per heavy atom. The second-order valence-electron chi connectivity index (χ2n) is 7.34. The van der Waals surface area contributed by atoms with Crippen LogP contribution >= 0.6 is 0 Å². The van der Waals surface area contributed by atoms with Crippen molar-refractivity contribution in [1.29, 1.82) is 0 Å². The molecule has 2 heterocycles. The van der Waals surface area contributed by atoms with E-state index >= 15 is 0 Å². The Morgan fingerprint density at radius 2 is 1.91 bits per heavy atom. The number of rotatable bonds is 9. The highest BCUT2D eigenvalue weighted by atomic mass is 16.6. The number of hydrogen-bond acceptors (Lipinski definition) is 9. The zero-order valence-electron chi connectivity index (χ0n) is 19.1. The minimum Gasteiger partial charge on any atom is -0.493 e. The van der Waals surface area contributed by atoms with Crippen LogP contribution in [0.3, 0.4) is 0 Å². The molecule has 1 fully saturated rings. The van der Waals surface area contributed by atoms with E-state index in [0.29, 0.717) is 11.3 Å². The van der Waals surface area contributed by atoms with E-state index in [1.807, 2.05) is 0 Å². The van der Waals surface area contributed by atoms with Gasteiger partial charge in [-0.15, -0.1) is 0 Å². The number of ether oxygens (including phenoxy) is 4. The van der Waals surface area contributed by atoms with Gasteiger partial charge in [0.25, 0.3) is 5.91 Å². The van der Waals surface area contributed by atoms with E-state index in [-0.39, 0.29) is 42.2 Å². The highest BCUT2D eigenvalue weighted by Crippen LogP contribution is 2.33. The second-order valence-corrected chi connectivity index (χ2v) is 7.34. The average molecular weight is 472 g/mol. The molecule has 1 N–H and O–H groups in total. The van der Waals surface area contributed by atoms with Crippen molar-refractivity contribution in [2.75, 3.05) is 20.8 Å². The summed E-state index contributed by atoms with van der Waals surface area (Å²) in [5.41, 5.74) is 0.376. The monoisotopic (exact) mass is 472 g/mol. The number of urea groups is 1. The first kappa shape index (κ1) is 24.4. The molecule has 1 saturated heterocycles. The molecule has 2 aromatic rings. The smallest absolute Gasteiger partial charge is 0.373 e. The number of amides is 3. The van der Waals surface area contributed by atoms with Crippen LogP contribution in [0.2, 0.25) is 0 Å². The third kappa shape index (κ3) is 5.55. The lowest BCUT2D eigenvalue weighted by Gasteiger charge is -2.14. The number of methoxy groups -OCH3 is 2. The fourth-order valence-corrected chi connectivity index (χ4v) is 3.09. The Balaban J connectivity index is 1.80. The van der Waals surface area contributed by atoms with Crippen LogP contribution < -0.4 is 14.8 Å². The number of nitrogens with one attached hydrogen (secondary N) is 1. The number of imide groups is 1. The number of benzene rings is 1. The lowest BCUT2D eigenvalue weighted by atomic mass is 10.1. The standard InChI is InChI=1S/C23H24N2O9/c1-13(2)33-19(26)12-32-20-14(6-5-7-17(20)30-3)10-16-21(27)25(23(29)24-16)11-15-8-9-18(34-15)22(28)31-4/h5-10,13H,11-12H2,1-4H3,(H,24,29). The molecule has 34 heavy (non-hydrogen) atoms. The first-order chi connectivity index (χ1) is 16.2. The quantitative estimate of drug-likeness (QED) is 0.332. The lowest BCUT2D eigenvalue weighted by Crippen LogP contribution is -2.30. The van der Waals surface area contributed by atoms with Crippen molar-refractivity contribution < 1.29 is 42.5 Å². The van der Waals surface area contributed by atoms with Crippen LogP contribution in [0.15, 0.2) is 40.4 Å². The van der Waals surface area contributed by atoms with Gasteiger partial charge in [-0.1, -0.05) is 12.1 Å². The number of carbonyl (C=O) groups is 4. The van der Waals surface area contributed by atoms with Gasteiger partial charge in [-0.3, -0.25) is 9.69 Å². The molecule has 180 valence electrons. The van der Waals surface area contributed by atoms with Crippen molar-refractivity contribution in [1.82, 2.24) is 10.2 Å². The van der Waals surface area contributed by atoms with Gasteiger partial charge in [0.2, 0.25) is 5.76 Å². The predicted molar refractivity (Wildman–Crippen MR) is 117 cm³/mol. The van der Waals surface area contributed by atoms with Crippen LogP contribution in [0.5, 0.6) is 11.5 Å². The highest BCUT2D eigenvalue weighted by molar-refractivity contribution is 6.14. The lowest BCUT2D eigenvalue weighted by molar-refractivity contribution is -0.149. The van der Waals surface area contributed by atoms with Crippen LogP contribution in [0.4, 0.5) is 4.79 Å². The molecule has 0 atom stereocenters. The Kier molecular flexibility index (Phi) is 7.57. The van der Waals surface area contributed by atoms with Gasteiger partial charge >= 0.3 is 18.0 Å². The molecular formula is C23H24N2O9. The van der Waals surface area contributed by atoms with E-state index in [9.17, 15) is 19.2 Å². The topological polar surface area (TPSA) is 134 Å². The molecule has 11 heteroatoms. The summed E-state index contributed by atoms with van der Waals surface area (Å²) in [7, 11) is 2.64. The van der Waals surface area contributed by atoms with Crippen LogP contribution in [-0.2, 0) is 25.6 Å². The fourth-order valence-electron chi connectivity index (χ4n) is 3.09. The first-order valence-electron chi connectivity index (χ1n) is 10.2. The zero-order valence-corrected chi connectivity index (χ0v) is 19.1. The summed E-state index contributed by atoms with van der Waals surface area (Å²) < 4.78 is 25.9. The summed E-state index contributed by atoms with van der Waals surface area (Å²) in [5.74, 6) is -1.16. The SMILES string of the molecule is COC(=O)c1ccc(CN2C(=O)NC(=Cc3cccc(OC)c3OCC(=O)OC(C)C)C2=O)o1. The fraction of sp³-hybridized carbons (Fsp3) is 0.304. The van der Waals surface area contributed by atoms with Gasteiger partial charge in [0, 0.05) is 5.56 Å². The zero-order chi connectivity index (χ0) is 24.8. The summed E-state index contributed by atoms with van der Waals surface area (Å²) in [6.45, 7) is 2.87. The van der Waals surface area contributed by atoms with E-state index in [1.54, 1.807) is 32.0 Å². The molecular weight excluding hydrogens is 448 g/mol. The largest absolute Gasteiger partial charge is 0.493 e. The van der Waals surface area contributed by atoms with Crippen LogP contribution in [0.1, 0.15) is 35.7 Å². The van der Waals surface area contributed by atoms with Gasteiger partial charge in [-0.25, -0.2) is 14.4 Å². The summed E-state index contributed by atoms with van der Waals surface area (Å²) in [5, 5.41) is 2.50. The highest BCUT2D eigenvalue weighted by Gasteiger charge is 2.34. The molecule has 0 bridgehead atoms. The van der Waals surface area contributed by atoms with E-state index in [1.165, 1.54) is 32.4 Å². The molecule has 1 aliphatic heterocycles. The minimum atomic E-state index is -0.674. The molecule has 0 aliphatic carbocycles. The Morgan fingerprint density at radius 3 is 2.59 bits per heavy atom. The predicted octanol–water partition coefficient (Wildman–Crippen LogP) is 2.50. The van der Waals surface area contributed by atoms with Gasteiger partial charge in [0.1, 0.15) is 11.5 Å². The van der Waals surface area contributed by atoms with Crippen molar-refractivity contribution in [3.8, 4) is 11.5 Å². The molecule has 3 amide bonds. The van der Waals surface area contributed by atoms with Crippen molar-refractivity contribution in [3.05, 3.63) is 53.1 Å². The van der Waals surface area contributed by atoms with Gasteiger partial charge in [0.15, 0.2) is 18.1 Å². The number of nitrogens with zero attached hydrogens (tertiary/aromatic N) is 1. The Bertz CT molecular complexity index is 1130. The normalized spacial score (nSPS) is 14.4. The summed E-state index contributed by atoms with van der Waals surface area (Å²) in [6.07, 6.45) is 1.11. The number of hydrogen-bond donors (Lipinski definition) is 1. The summed E-state index contributed by atoms with van der Waals surface area (Å²) in [6, 6.07) is 7.12. The van der Waals surface area contributed by atoms with Crippen molar-refractivity contribution in [2.24, 2.45) is 0 Å². The maximum atomic E-state index is 12.9. The van der Waals surface area contributed by atoms with Crippen molar-refractivity contribution >= 4 is 30.0 Å². The maximum Gasteiger partial charge on any atom is 0.373 e. The molecule has 1 aliphatic rings. The van der Waals surface area contributed by atoms with Crippen LogP contribution in [-0.4, -0.2) is 55.7 Å². The molecule has 11 nitrogen and oxygen atoms in total. The minimum absolute atomic E-state index is 0.0207. The van der Waals surface area contributed by atoms with Crippen LogP contribution in [0.25, 0.3) is 6.08 Å². The molecule has 0 saturated carbocycles. The third-order valence-electron chi connectivity index (χ3n) is 4.56. The molecule has 1 aromatic heterocycles. The van der Waals surface area contributed by atoms with Gasteiger partial charge in [0.05, 0.1) is 26.9 Å². The average Bonchev–Trinajstić information content (AvgIpc) is 3.37. The van der Waals surface area contributed by atoms with E-state index in [0.717, 1.165) is 4.90 Å². The van der Waals surface area contributed by atoms with Gasteiger partial charge in [-0.2, -0.15) is 0 Å². The Hall–Kier alpha value is -4.28. The van der Waals surface area contributed by atoms with Crippen molar-refractivity contribution in [3.63, 3.8) is 0 Å². The van der Waals surface area contributed by atoms with E-state index in [4.69, 9.17) is 18.6 Å². The number of carbonyl (C=O) groups excluding carboxylic acids is 4. The van der Waals surface area contributed by atoms with Crippen molar-refractivity contribution in [2.45, 2.75) is 26.5 Å². The first-order valence-corrected chi connectivity index (χ1v) is 10.2. The molecule has 1 aromatic carbocycles. The number of para-hydroxylation sites is 1. The molecule has 0 spiro atoms. The number of furan rings is 1.